The maximum absolute atomic E-state index is 12.3. The van der Waals surface area contributed by atoms with Crippen molar-refractivity contribution >= 4 is 17.3 Å². The number of halogens is 2. The lowest BCUT2D eigenvalue weighted by Gasteiger charge is -2.29. The van der Waals surface area contributed by atoms with Crippen LogP contribution in [0.3, 0.4) is 0 Å². The molecule has 1 N–H and O–H groups in total. The van der Waals surface area contributed by atoms with Crippen LogP contribution in [-0.4, -0.2) is 25.6 Å². The topological polar surface area (TPSA) is 41.6 Å². The average Bonchev–Trinajstić information content (AvgIpc) is 2.64. The van der Waals surface area contributed by atoms with Gasteiger partial charge in [-0.05, 0) is 55.2 Å². The van der Waals surface area contributed by atoms with E-state index in [2.05, 4.69) is 21.0 Å². The van der Waals surface area contributed by atoms with E-state index in [1.54, 1.807) is 12.1 Å². The van der Waals surface area contributed by atoms with Gasteiger partial charge in [0.25, 0.3) is 0 Å². The van der Waals surface area contributed by atoms with Crippen molar-refractivity contribution in [2.24, 2.45) is 0 Å². The summed E-state index contributed by atoms with van der Waals surface area (Å²) in [7, 11) is 0. The number of hydrogen-bond acceptors (Lipinski definition) is 3. The molecule has 0 aromatic heterocycles. The van der Waals surface area contributed by atoms with Crippen molar-refractivity contribution in [3.63, 3.8) is 0 Å². The van der Waals surface area contributed by atoms with Gasteiger partial charge in [-0.15, -0.1) is 0 Å². The van der Waals surface area contributed by atoms with Gasteiger partial charge in [-0.1, -0.05) is 18.2 Å². The molecule has 1 aliphatic heterocycles. The molecular weight excluding hydrogens is 338 g/mol. The van der Waals surface area contributed by atoms with E-state index in [-0.39, 0.29) is 18.1 Å². The molecule has 0 unspecified atom stereocenters. The number of anilines is 2. The highest BCUT2D eigenvalue weighted by Gasteiger charge is 2.12. The molecule has 2 aromatic rings. The second-order valence-electron chi connectivity index (χ2n) is 6.35. The molecule has 2 aromatic carbocycles. The van der Waals surface area contributed by atoms with E-state index in [0.29, 0.717) is 0 Å². The lowest BCUT2D eigenvalue weighted by atomic mass is 10.1. The Hall–Kier alpha value is -2.63. The number of alkyl halides is 2. The summed E-state index contributed by atoms with van der Waals surface area (Å²) in [5.74, 6) is -0.0679. The number of carbonyl (C=O) groups is 1. The molecule has 1 saturated heterocycles. The Morgan fingerprint density at radius 2 is 1.81 bits per heavy atom. The van der Waals surface area contributed by atoms with Crippen molar-refractivity contribution in [1.82, 2.24) is 0 Å². The van der Waals surface area contributed by atoms with Crippen LogP contribution in [0.5, 0.6) is 5.75 Å². The zero-order valence-electron chi connectivity index (χ0n) is 14.5. The Kier molecular flexibility index (Phi) is 6.04. The quantitative estimate of drug-likeness (QED) is 0.827. The average molecular weight is 360 g/mol. The molecule has 3 rings (SSSR count). The zero-order valence-corrected chi connectivity index (χ0v) is 14.5. The number of piperidine rings is 1. The normalized spacial score (nSPS) is 14.3. The van der Waals surface area contributed by atoms with Gasteiger partial charge in [0.2, 0.25) is 5.91 Å². The maximum Gasteiger partial charge on any atom is 0.387 e. The summed E-state index contributed by atoms with van der Waals surface area (Å²) in [5.41, 5.74) is 2.61. The molecule has 1 fully saturated rings. The number of nitrogens with one attached hydrogen (secondary N) is 1. The van der Waals surface area contributed by atoms with Gasteiger partial charge in [0, 0.05) is 24.5 Å². The number of nitrogens with zero attached hydrogens (tertiary/aromatic N) is 1. The minimum Gasteiger partial charge on any atom is -0.435 e. The highest BCUT2D eigenvalue weighted by molar-refractivity contribution is 5.92. The Bertz CT molecular complexity index is 729. The fourth-order valence-corrected chi connectivity index (χ4v) is 3.11. The first-order valence-corrected chi connectivity index (χ1v) is 8.79. The van der Waals surface area contributed by atoms with Crippen molar-refractivity contribution in [2.45, 2.75) is 32.3 Å². The SMILES string of the molecule is O=C(Cc1ccc(OC(F)F)cc1)Nc1cccc(N2CCCCC2)c1. The van der Waals surface area contributed by atoms with E-state index in [1.165, 1.54) is 31.4 Å². The molecular formula is C20H22F2N2O2. The van der Waals surface area contributed by atoms with E-state index in [9.17, 15) is 13.6 Å². The van der Waals surface area contributed by atoms with Gasteiger partial charge in [-0.3, -0.25) is 4.79 Å². The number of carbonyl (C=O) groups excluding carboxylic acids is 1. The molecule has 1 amide bonds. The van der Waals surface area contributed by atoms with Crippen LogP contribution < -0.4 is 15.0 Å². The molecule has 0 radical (unpaired) electrons. The monoisotopic (exact) mass is 360 g/mol. The third kappa shape index (κ3) is 5.18. The number of benzene rings is 2. The number of rotatable bonds is 6. The largest absolute Gasteiger partial charge is 0.435 e. The third-order valence-electron chi connectivity index (χ3n) is 4.36. The van der Waals surface area contributed by atoms with Crippen LogP contribution in [-0.2, 0) is 11.2 Å². The molecule has 0 spiro atoms. The van der Waals surface area contributed by atoms with Crippen molar-refractivity contribution in [2.75, 3.05) is 23.3 Å². The fourth-order valence-electron chi connectivity index (χ4n) is 3.11. The summed E-state index contributed by atoms with van der Waals surface area (Å²) in [6.07, 6.45) is 3.83. The van der Waals surface area contributed by atoms with Crippen LogP contribution in [0.2, 0.25) is 0 Å². The van der Waals surface area contributed by atoms with Crippen LogP contribution in [0.4, 0.5) is 20.2 Å². The molecule has 0 saturated carbocycles. The van der Waals surface area contributed by atoms with Gasteiger partial charge in [0.1, 0.15) is 5.75 Å². The van der Waals surface area contributed by atoms with Gasteiger partial charge in [0.05, 0.1) is 6.42 Å². The van der Waals surface area contributed by atoms with Crippen LogP contribution in [0.15, 0.2) is 48.5 Å². The van der Waals surface area contributed by atoms with E-state index < -0.39 is 6.61 Å². The summed E-state index contributed by atoms with van der Waals surface area (Å²) < 4.78 is 28.6. The second-order valence-corrected chi connectivity index (χ2v) is 6.35. The van der Waals surface area contributed by atoms with Crippen LogP contribution in [0, 0.1) is 0 Å². The van der Waals surface area contributed by atoms with Crippen LogP contribution in [0.1, 0.15) is 24.8 Å². The Morgan fingerprint density at radius 1 is 1.08 bits per heavy atom. The maximum atomic E-state index is 12.3. The lowest BCUT2D eigenvalue weighted by Crippen LogP contribution is -2.29. The van der Waals surface area contributed by atoms with Crippen molar-refractivity contribution in [1.29, 1.82) is 0 Å². The minimum absolute atomic E-state index is 0.0818. The van der Waals surface area contributed by atoms with Gasteiger partial charge in [-0.2, -0.15) is 8.78 Å². The Labute approximate surface area is 151 Å². The zero-order chi connectivity index (χ0) is 18.4. The van der Waals surface area contributed by atoms with Crippen LogP contribution >= 0.6 is 0 Å². The predicted molar refractivity (Wildman–Crippen MR) is 97.9 cm³/mol. The number of ether oxygens (including phenoxy) is 1. The second kappa shape index (κ2) is 8.65. The lowest BCUT2D eigenvalue weighted by molar-refractivity contribution is -0.115. The molecule has 1 aliphatic rings. The van der Waals surface area contributed by atoms with Gasteiger partial charge < -0.3 is 15.0 Å². The van der Waals surface area contributed by atoms with E-state index in [0.717, 1.165) is 30.0 Å². The molecule has 26 heavy (non-hydrogen) atoms. The van der Waals surface area contributed by atoms with Crippen molar-refractivity contribution < 1.29 is 18.3 Å². The Balaban J connectivity index is 1.57. The molecule has 6 heteroatoms. The standard InChI is InChI=1S/C20H22F2N2O2/c21-20(22)26-18-9-7-15(8-10-18)13-19(25)23-16-5-4-6-17(14-16)24-11-2-1-3-12-24/h4-10,14,20H,1-3,11-13H2,(H,23,25). The summed E-state index contributed by atoms with van der Waals surface area (Å²) >= 11 is 0. The molecule has 0 atom stereocenters. The van der Waals surface area contributed by atoms with Crippen molar-refractivity contribution in [3.05, 3.63) is 54.1 Å². The smallest absolute Gasteiger partial charge is 0.387 e. The fraction of sp³-hybridized carbons (Fsp3) is 0.350. The number of amides is 1. The van der Waals surface area contributed by atoms with Gasteiger partial charge in [0.15, 0.2) is 0 Å². The molecule has 4 nitrogen and oxygen atoms in total. The van der Waals surface area contributed by atoms with Gasteiger partial charge in [-0.25, -0.2) is 0 Å². The molecule has 1 heterocycles. The van der Waals surface area contributed by atoms with Gasteiger partial charge >= 0.3 is 6.61 Å². The van der Waals surface area contributed by atoms with E-state index >= 15 is 0 Å². The third-order valence-corrected chi connectivity index (χ3v) is 4.36. The first kappa shape index (κ1) is 18.2. The van der Waals surface area contributed by atoms with Crippen molar-refractivity contribution in [3.8, 4) is 5.75 Å². The first-order chi connectivity index (χ1) is 12.6. The molecule has 0 bridgehead atoms. The Morgan fingerprint density at radius 3 is 2.50 bits per heavy atom. The summed E-state index contributed by atoms with van der Waals surface area (Å²) in [6.45, 7) is -0.758. The first-order valence-electron chi connectivity index (χ1n) is 8.79. The predicted octanol–water partition coefficient (Wildman–Crippen LogP) is 4.46. The minimum atomic E-state index is -2.85. The van der Waals surface area contributed by atoms with Crippen LogP contribution in [0.25, 0.3) is 0 Å². The van der Waals surface area contributed by atoms with E-state index in [4.69, 9.17) is 0 Å². The summed E-state index contributed by atoms with van der Waals surface area (Å²) in [6, 6.07) is 14.0. The highest BCUT2D eigenvalue weighted by atomic mass is 19.3. The molecule has 138 valence electrons. The van der Waals surface area contributed by atoms with E-state index in [1.807, 2.05) is 18.2 Å². The number of hydrogen-bond donors (Lipinski definition) is 1. The highest BCUT2D eigenvalue weighted by Crippen LogP contribution is 2.23. The summed E-state index contributed by atoms with van der Waals surface area (Å²) in [4.78, 5) is 14.6. The summed E-state index contributed by atoms with van der Waals surface area (Å²) in [5, 5.41) is 2.90. The molecule has 0 aliphatic carbocycles.